The van der Waals surface area contributed by atoms with Gasteiger partial charge in [0.05, 0.1) is 36.5 Å². The highest BCUT2D eigenvalue weighted by molar-refractivity contribution is 5.64. The smallest absolute Gasteiger partial charge is 0.209 e. The van der Waals surface area contributed by atoms with E-state index in [4.69, 9.17) is 13.9 Å². The van der Waals surface area contributed by atoms with Crippen molar-refractivity contribution >= 4 is 12.1 Å². The first kappa shape index (κ1) is 20.3. The number of para-hydroxylation sites is 1. The van der Waals surface area contributed by atoms with Gasteiger partial charge in [-0.25, -0.2) is 0 Å². The average Bonchev–Trinajstić information content (AvgIpc) is 3.54. The summed E-state index contributed by atoms with van der Waals surface area (Å²) >= 11 is 0. The molecule has 7 heteroatoms. The third-order valence-electron chi connectivity index (χ3n) is 7.90. The molecular weight excluding hydrogens is 406 g/mol. The first-order valence-electron chi connectivity index (χ1n) is 11.8. The predicted molar refractivity (Wildman–Crippen MR) is 119 cm³/mol. The third-order valence-corrected chi connectivity index (χ3v) is 7.90. The Morgan fingerprint density at radius 3 is 2.91 bits per heavy atom. The molecular formula is C25H31N3O4. The molecule has 2 bridgehead atoms. The molecule has 1 N–H and O–H groups in total. The zero-order chi connectivity index (χ0) is 21.7. The topological polar surface area (TPSA) is 67.2 Å². The van der Waals surface area contributed by atoms with E-state index in [0.29, 0.717) is 13.1 Å². The second-order valence-corrected chi connectivity index (χ2v) is 9.64. The van der Waals surface area contributed by atoms with Gasteiger partial charge in [0.2, 0.25) is 6.41 Å². The fraction of sp³-hybridized carbons (Fsp3) is 0.560. The molecule has 0 aliphatic carbocycles. The first-order chi connectivity index (χ1) is 15.7. The molecule has 5 aliphatic rings. The number of carbonyl (C=O) groups excluding carboxylic acids is 1. The minimum atomic E-state index is -0.503. The molecule has 4 fully saturated rings. The highest BCUT2D eigenvalue weighted by Crippen LogP contribution is 2.62. The van der Waals surface area contributed by atoms with Crippen molar-refractivity contribution in [2.75, 3.05) is 38.6 Å². The molecule has 0 saturated carbocycles. The van der Waals surface area contributed by atoms with Crippen molar-refractivity contribution in [2.45, 2.75) is 55.1 Å². The SMILES string of the molecule is CN1CCC2OC3(c4ccccc4NC3[C@@H]1CN(C=O)CC1CCCO1)C2c1ccco1. The van der Waals surface area contributed by atoms with Crippen molar-refractivity contribution in [3.05, 3.63) is 54.0 Å². The van der Waals surface area contributed by atoms with Gasteiger partial charge >= 0.3 is 0 Å². The van der Waals surface area contributed by atoms with Gasteiger partial charge in [0, 0.05) is 37.5 Å². The number of hydrogen-bond donors (Lipinski definition) is 1. The van der Waals surface area contributed by atoms with Gasteiger partial charge in [-0.05, 0) is 44.5 Å². The molecule has 32 heavy (non-hydrogen) atoms. The van der Waals surface area contributed by atoms with Crippen LogP contribution in [-0.2, 0) is 19.9 Å². The van der Waals surface area contributed by atoms with Gasteiger partial charge < -0.3 is 24.1 Å². The van der Waals surface area contributed by atoms with Crippen molar-refractivity contribution in [1.29, 1.82) is 0 Å². The number of nitrogens with zero attached hydrogens (tertiary/aromatic N) is 2. The zero-order valence-corrected chi connectivity index (χ0v) is 18.5. The lowest BCUT2D eigenvalue weighted by Gasteiger charge is -2.59. The lowest BCUT2D eigenvalue weighted by molar-refractivity contribution is -0.262. The van der Waals surface area contributed by atoms with E-state index in [1.54, 1.807) is 6.26 Å². The van der Waals surface area contributed by atoms with Crippen molar-refractivity contribution in [2.24, 2.45) is 0 Å². The minimum absolute atomic E-state index is 0.00324. The van der Waals surface area contributed by atoms with E-state index in [2.05, 4.69) is 47.6 Å². The number of furan rings is 1. The molecule has 6 heterocycles. The summed E-state index contributed by atoms with van der Waals surface area (Å²) in [6.07, 6.45) is 6.03. The highest BCUT2D eigenvalue weighted by Gasteiger charge is 2.68. The number of amides is 1. The predicted octanol–water partition coefficient (Wildman–Crippen LogP) is 2.79. The van der Waals surface area contributed by atoms with Gasteiger partial charge in [-0.15, -0.1) is 0 Å². The van der Waals surface area contributed by atoms with Gasteiger partial charge in [-0.1, -0.05) is 18.2 Å². The molecule has 5 aliphatic heterocycles. The monoisotopic (exact) mass is 437 g/mol. The average molecular weight is 438 g/mol. The van der Waals surface area contributed by atoms with Gasteiger partial charge in [-0.2, -0.15) is 0 Å². The largest absolute Gasteiger partial charge is 0.469 e. The molecule has 5 unspecified atom stereocenters. The van der Waals surface area contributed by atoms with E-state index in [0.717, 1.165) is 50.3 Å². The second kappa shape index (κ2) is 7.90. The summed E-state index contributed by atoms with van der Waals surface area (Å²) < 4.78 is 18.5. The van der Waals surface area contributed by atoms with Crippen LogP contribution >= 0.6 is 0 Å². The minimum Gasteiger partial charge on any atom is -0.469 e. The Kier molecular flexibility index (Phi) is 5.01. The standard InChI is InChI=1S/C25H31N3O4/c1-27-11-10-22-23(21-9-5-13-31-21)25(32-22)18-7-2-3-8-19(18)26-24(25)20(27)15-28(16-29)14-17-6-4-12-30-17/h2-3,5,7-9,13,16-17,20,22-24,26H,4,6,10-12,14-15H2,1H3/t17?,20-,22?,23?,24?,25?/m0/s1. The lowest BCUT2D eigenvalue weighted by Crippen LogP contribution is -2.69. The summed E-state index contributed by atoms with van der Waals surface area (Å²) in [5, 5.41) is 3.80. The van der Waals surface area contributed by atoms with E-state index < -0.39 is 5.60 Å². The van der Waals surface area contributed by atoms with Gasteiger partial charge in [-0.3, -0.25) is 9.69 Å². The quantitative estimate of drug-likeness (QED) is 0.701. The Hall–Kier alpha value is -2.35. The maximum Gasteiger partial charge on any atom is 0.209 e. The Balaban J connectivity index is 1.37. The molecule has 1 amide bonds. The van der Waals surface area contributed by atoms with Crippen LogP contribution in [0.3, 0.4) is 0 Å². The number of rotatable bonds is 6. The molecule has 1 spiro atoms. The maximum absolute atomic E-state index is 12.1. The van der Waals surface area contributed by atoms with Crippen LogP contribution in [0, 0.1) is 0 Å². The fourth-order valence-electron chi connectivity index (χ4n) is 6.40. The Morgan fingerprint density at radius 1 is 1.22 bits per heavy atom. The number of likely N-dealkylation sites (N-methyl/N-ethyl adjacent to an activating group) is 1. The van der Waals surface area contributed by atoms with Crippen molar-refractivity contribution in [1.82, 2.24) is 9.80 Å². The maximum atomic E-state index is 12.1. The first-order valence-corrected chi connectivity index (χ1v) is 11.8. The summed E-state index contributed by atoms with van der Waals surface area (Å²) in [6, 6.07) is 12.6. The van der Waals surface area contributed by atoms with Crippen LogP contribution in [0.2, 0.25) is 0 Å². The van der Waals surface area contributed by atoms with E-state index in [-0.39, 0.29) is 30.2 Å². The molecule has 7 nitrogen and oxygen atoms in total. The number of ether oxygens (including phenoxy) is 2. The molecule has 170 valence electrons. The van der Waals surface area contributed by atoms with Crippen LogP contribution in [0.4, 0.5) is 5.69 Å². The summed E-state index contributed by atoms with van der Waals surface area (Å²) in [4.78, 5) is 16.4. The van der Waals surface area contributed by atoms with Gasteiger partial charge in [0.25, 0.3) is 0 Å². The molecule has 1 aromatic carbocycles. The summed E-state index contributed by atoms with van der Waals surface area (Å²) in [6.45, 7) is 2.98. The molecule has 1 aromatic heterocycles. The second-order valence-electron chi connectivity index (χ2n) is 9.64. The van der Waals surface area contributed by atoms with Crippen LogP contribution in [-0.4, -0.2) is 73.8 Å². The third kappa shape index (κ3) is 3.02. The number of nitrogens with one attached hydrogen (secondary N) is 1. The van der Waals surface area contributed by atoms with Crippen LogP contribution in [0.5, 0.6) is 0 Å². The highest BCUT2D eigenvalue weighted by atomic mass is 16.5. The Morgan fingerprint density at radius 2 is 2.12 bits per heavy atom. The molecule has 7 rings (SSSR count). The molecule has 4 saturated heterocycles. The number of benzene rings is 1. The van der Waals surface area contributed by atoms with Crippen molar-refractivity contribution in [3.63, 3.8) is 0 Å². The van der Waals surface area contributed by atoms with E-state index in [1.807, 2.05) is 11.0 Å². The molecule has 2 aromatic rings. The van der Waals surface area contributed by atoms with Crippen LogP contribution < -0.4 is 5.32 Å². The number of hydrogen-bond acceptors (Lipinski definition) is 6. The fourth-order valence-corrected chi connectivity index (χ4v) is 6.40. The summed E-state index contributed by atoms with van der Waals surface area (Å²) in [7, 11) is 2.17. The summed E-state index contributed by atoms with van der Waals surface area (Å²) in [5.74, 6) is 1.14. The van der Waals surface area contributed by atoms with Crippen LogP contribution in [0.15, 0.2) is 47.1 Å². The normalized spacial score (nSPS) is 35.7. The zero-order valence-electron chi connectivity index (χ0n) is 18.5. The van der Waals surface area contributed by atoms with E-state index in [1.165, 1.54) is 5.56 Å². The number of anilines is 1. The Bertz CT molecular complexity index is 960. The molecule has 6 atom stereocenters. The van der Waals surface area contributed by atoms with Crippen LogP contribution in [0.25, 0.3) is 0 Å². The lowest BCUT2D eigenvalue weighted by atomic mass is 9.65. The van der Waals surface area contributed by atoms with Gasteiger partial charge in [0.1, 0.15) is 11.4 Å². The number of fused-ring (bicyclic) bond motifs is 4. The Labute approximate surface area is 188 Å². The van der Waals surface area contributed by atoms with Crippen molar-refractivity contribution < 1.29 is 18.7 Å². The summed E-state index contributed by atoms with van der Waals surface area (Å²) in [5.41, 5.74) is 1.81. The van der Waals surface area contributed by atoms with E-state index >= 15 is 0 Å². The van der Waals surface area contributed by atoms with Crippen molar-refractivity contribution in [3.8, 4) is 0 Å². The van der Waals surface area contributed by atoms with Gasteiger partial charge in [0.15, 0.2) is 0 Å². The molecule has 0 radical (unpaired) electrons. The van der Waals surface area contributed by atoms with E-state index in [9.17, 15) is 4.79 Å². The number of carbonyl (C=O) groups is 1. The van der Waals surface area contributed by atoms with Crippen LogP contribution in [0.1, 0.15) is 36.5 Å².